The average Bonchev–Trinajstić information content (AvgIpc) is 2.18. The summed E-state index contributed by atoms with van der Waals surface area (Å²) >= 11 is 0. The van der Waals surface area contributed by atoms with Crippen molar-refractivity contribution in [3.8, 4) is 0 Å². The quantitative estimate of drug-likeness (QED) is 0.682. The van der Waals surface area contributed by atoms with Gasteiger partial charge >= 0.3 is 5.97 Å². The van der Waals surface area contributed by atoms with Crippen molar-refractivity contribution in [2.45, 2.75) is 18.5 Å². The van der Waals surface area contributed by atoms with Crippen LogP contribution in [-0.2, 0) is 4.79 Å². The Morgan fingerprint density at radius 3 is 2.33 bits per heavy atom. The summed E-state index contributed by atoms with van der Waals surface area (Å²) in [5.74, 6) is -1.44. The Morgan fingerprint density at radius 1 is 1.33 bits per heavy atom. The SMILES string of the molecule is N[C@H](C[C@@H](N)c1ccc(F)cc1)C(=O)O. The number of benzene rings is 1. The highest BCUT2D eigenvalue weighted by atomic mass is 19.1. The lowest BCUT2D eigenvalue weighted by Gasteiger charge is -2.14. The molecule has 15 heavy (non-hydrogen) atoms. The van der Waals surface area contributed by atoms with E-state index in [-0.39, 0.29) is 12.2 Å². The summed E-state index contributed by atoms with van der Waals surface area (Å²) in [6.07, 6.45) is 0.126. The number of carbonyl (C=O) groups is 1. The first kappa shape index (κ1) is 11.6. The van der Waals surface area contributed by atoms with Crippen molar-refractivity contribution in [3.05, 3.63) is 35.6 Å². The van der Waals surface area contributed by atoms with Gasteiger partial charge in [-0.25, -0.2) is 4.39 Å². The van der Waals surface area contributed by atoms with Crippen LogP contribution in [0, 0.1) is 5.82 Å². The summed E-state index contributed by atoms with van der Waals surface area (Å²) < 4.78 is 12.6. The van der Waals surface area contributed by atoms with Gasteiger partial charge in [0.1, 0.15) is 11.9 Å². The van der Waals surface area contributed by atoms with E-state index in [4.69, 9.17) is 16.6 Å². The molecule has 0 bridgehead atoms. The van der Waals surface area contributed by atoms with Gasteiger partial charge in [0.2, 0.25) is 0 Å². The Kier molecular flexibility index (Phi) is 3.76. The molecule has 1 aromatic carbocycles. The van der Waals surface area contributed by atoms with Crippen molar-refractivity contribution in [1.29, 1.82) is 0 Å². The maximum Gasteiger partial charge on any atom is 0.320 e. The van der Waals surface area contributed by atoms with Crippen LogP contribution in [0.15, 0.2) is 24.3 Å². The number of hydrogen-bond acceptors (Lipinski definition) is 3. The number of hydrogen-bond donors (Lipinski definition) is 3. The predicted molar refractivity (Wildman–Crippen MR) is 53.6 cm³/mol. The van der Waals surface area contributed by atoms with Gasteiger partial charge in [0, 0.05) is 6.04 Å². The van der Waals surface area contributed by atoms with Gasteiger partial charge in [-0.1, -0.05) is 12.1 Å². The summed E-state index contributed by atoms with van der Waals surface area (Å²) in [6.45, 7) is 0. The largest absolute Gasteiger partial charge is 0.480 e. The molecule has 0 saturated heterocycles. The third-order valence-corrected chi connectivity index (χ3v) is 2.12. The number of halogens is 1. The summed E-state index contributed by atoms with van der Waals surface area (Å²) in [7, 11) is 0. The highest BCUT2D eigenvalue weighted by Crippen LogP contribution is 2.15. The zero-order valence-corrected chi connectivity index (χ0v) is 8.06. The van der Waals surface area contributed by atoms with Crippen LogP contribution in [0.5, 0.6) is 0 Å². The smallest absolute Gasteiger partial charge is 0.320 e. The topological polar surface area (TPSA) is 89.3 Å². The second-order valence-electron chi connectivity index (χ2n) is 3.34. The van der Waals surface area contributed by atoms with E-state index < -0.39 is 18.1 Å². The van der Waals surface area contributed by atoms with Gasteiger partial charge in [-0.3, -0.25) is 4.79 Å². The molecule has 0 radical (unpaired) electrons. The molecule has 0 amide bonds. The van der Waals surface area contributed by atoms with Gasteiger partial charge in [0.25, 0.3) is 0 Å². The number of nitrogens with two attached hydrogens (primary N) is 2. The van der Waals surface area contributed by atoms with Gasteiger partial charge in [-0.15, -0.1) is 0 Å². The van der Waals surface area contributed by atoms with Crippen LogP contribution in [-0.4, -0.2) is 17.1 Å². The Morgan fingerprint density at radius 2 is 1.87 bits per heavy atom. The van der Waals surface area contributed by atoms with Crippen molar-refractivity contribution in [2.24, 2.45) is 11.5 Å². The van der Waals surface area contributed by atoms with E-state index in [1.54, 1.807) is 0 Å². The van der Waals surface area contributed by atoms with Crippen molar-refractivity contribution < 1.29 is 14.3 Å². The minimum atomic E-state index is -1.09. The zero-order chi connectivity index (χ0) is 11.4. The molecule has 0 aromatic heterocycles. The number of carboxylic acids is 1. The van der Waals surface area contributed by atoms with E-state index in [0.29, 0.717) is 5.56 Å². The van der Waals surface area contributed by atoms with Crippen LogP contribution >= 0.6 is 0 Å². The Labute approximate surface area is 86.7 Å². The maximum atomic E-state index is 12.6. The highest BCUT2D eigenvalue weighted by molar-refractivity contribution is 5.73. The zero-order valence-electron chi connectivity index (χ0n) is 8.06. The monoisotopic (exact) mass is 212 g/mol. The number of carboxylic acid groups (broad SMARTS) is 1. The summed E-state index contributed by atoms with van der Waals surface area (Å²) in [5.41, 5.74) is 11.7. The molecule has 5 heteroatoms. The van der Waals surface area contributed by atoms with Crippen molar-refractivity contribution >= 4 is 5.97 Å². The van der Waals surface area contributed by atoms with Gasteiger partial charge in [-0.2, -0.15) is 0 Å². The van der Waals surface area contributed by atoms with Crippen LogP contribution in [0.25, 0.3) is 0 Å². The van der Waals surface area contributed by atoms with E-state index in [1.807, 2.05) is 0 Å². The maximum absolute atomic E-state index is 12.6. The molecular formula is C10H13FN2O2. The van der Waals surface area contributed by atoms with Crippen molar-refractivity contribution in [3.63, 3.8) is 0 Å². The van der Waals surface area contributed by atoms with E-state index in [9.17, 15) is 9.18 Å². The lowest BCUT2D eigenvalue weighted by Crippen LogP contribution is -2.33. The van der Waals surface area contributed by atoms with E-state index >= 15 is 0 Å². The molecule has 0 saturated carbocycles. The normalized spacial score (nSPS) is 14.6. The van der Waals surface area contributed by atoms with E-state index in [2.05, 4.69) is 0 Å². The molecule has 0 unspecified atom stereocenters. The lowest BCUT2D eigenvalue weighted by atomic mass is 10.0. The van der Waals surface area contributed by atoms with E-state index in [1.165, 1.54) is 24.3 Å². The summed E-state index contributed by atoms with van der Waals surface area (Å²) in [4.78, 5) is 10.5. The molecule has 1 rings (SSSR count). The summed E-state index contributed by atoms with van der Waals surface area (Å²) in [6, 6.07) is 4.12. The molecule has 1 aromatic rings. The Hall–Kier alpha value is -1.46. The van der Waals surface area contributed by atoms with Crippen LogP contribution in [0.2, 0.25) is 0 Å². The van der Waals surface area contributed by atoms with Gasteiger partial charge in [0.15, 0.2) is 0 Å². The molecule has 82 valence electrons. The molecule has 2 atom stereocenters. The highest BCUT2D eigenvalue weighted by Gasteiger charge is 2.16. The fourth-order valence-corrected chi connectivity index (χ4v) is 1.22. The minimum absolute atomic E-state index is 0.126. The first-order valence-corrected chi connectivity index (χ1v) is 4.50. The van der Waals surface area contributed by atoms with Crippen molar-refractivity contribution in [1.82, 2.24) is 0 Å². The predicted octanol–water partition coefficient (Wildman–Crippen LogP) is 0.627. The average molecular weight is 212 g/mol. The molecule has 5 N–H and O–H groups in total. The summed E-state index contributed by atoms with van der Waals surface area (Å²) in [5, 5.41) is 8.58. The van der Waals surface area contributed by atoms with Gasteiger partial charge in [-0.05, 0) is 24.1 Å². The molecule has 4 nitrogen and oxygen atoms in total. The first-order chi connectivity index (χ1) is 7.00. The number of rotatable bonds is 4. The van der Waals surface area contributed by atoms with Gasteiger partial charge in [0.05, 0.1) is 0 Å². The van der Waals surface area contributed by atoms with Crippen LogP contribution in [0.4, 0.5) is 4.39 Å². The Bertz CT molecular complexity index is 340. The lowest BCUT2D eigenvalue weighted by molar-refractivity contribution is -0.138. The molecule has 0 fully saturated rings. The fourth-order valence-electron chi connectivity index (χ4n) is 1.22. The minimum Gasteiger partial charge on any atom is -0.480 e. The third kappa shape index (κ3) is 3.30. The van der Waals surface area contributed by atoms with Crippen molar-refractivity contribution in [2.75, 3.05) is 0 Å². The number of aliphatic carboxylic acids is 1. The van der Waals surface area contributed by atoms with Crippen LogP contribution in [0.3, 0.4) is 0 Å². The van der Waals surface area contributed by atoms with E-state index in [0.717, 1.165) is 0 Å². The van der Waals surface area contributed by atoms with Crippen LogP contribution < -0.4 is 11.5 Å². The standard InChI is InChI=1S/C10H13FN2O2/c11-7-3-1-6(2-4-7)8(12)5-9(13)10(14)15/h1-4,8-9H,5,12-13H2,(H,14,15)/t8-,9-/m1/s1. The third-order valence-electron chi connectivity index (χ3n) is 2.12. The van der Waals surface area contributed by atoms with Crippen LogP contribution in [0.1, 0.15) is 18.0 Å². The first-order valence-electron chi connectivity index (χ1n) is 4.50. The molecular weight excluding hydrogens is 199 g/mol. The molecule has 0 aliphatic carbocycles. The molecule has 0 aliphatic heterocycles. The molecule has 0 aliphatic rings. The fraction of sp³-hybridized carbons (Fsp3) is 0.300. The second kappa shape index (κ2) is 4.86. The second-order valence-corrected chi connectivity index (χ2v) is 3.34. The van der Waals surface area contributed by atoms with Gasteiger partial charge < -0.3 is 16.6 Å². The molecule has 0 heterocycles. The Balaban J connectivity index is 2.64. The molecule has 0 spiro atoms.